The zero-order valence-corrected chi connectivity index (χ0v) is 18.2. The van der Waals surface area contributed by atoms with E-state index in [4.69, 9.17) is 9.15 Å². The van der Waals surface area contributed by atoms with Crippen molar-refractivity contribution in [1.82, 2.24) is 4.90 Å². The highest BCUT2D eigenvalue weighted by molar-refractivity contribution is 6.26. The predicted octanol–water partition coefficient (Wildman–Crippen LogP) is 3.18. The summed E-state index contributed by atoms with van der Waals surface area (Å²) in [6.07, 6.45) is 0.419. The third kappa shape index (κ3) is 2.77. The Kier molecular flexibility index (Phi) is 4.83. The highest BCUT2D eigenvalue weighted by atomic mass is 16.5. The van der Waals surface area contributed by atoms with Gasteiger partial charge in [0.2, 0.25) is 5.78 Å². The summed E-state index contributed by atoms with van der Waals surface area (Å²) in [7, 11) is 3.13. The average Bonchev–Trinajstić information content (AvgIpc) is 3.43. The number of para-hydroxylation sites is 2. The first-order valence-corrected chi connectivity index (χ1v) is 10.6. The Balaban J connectivity index is 1.72. The van der Waals surface area contributed by atoms with Crippen molar-refractivity contribution < 1.29 is 28.6 Å². The molecule has 0 saturated carbocycles. The molecule has 33 heavy (non-hydrogen) atoms. The molecule has 2 aliphatic rings. The number of rotatable bonds is 6. The molecule has 3 aromatic rings. The van der Waals surface area contributed by atoms with Gasteiger partial charge in [-0.3, -0.25) is 14.4 Å². The standard InChI is InChI=1S/C25H22N2O6/c1-26-17-10-5-4-9-16(17)25(24(26)31)20(22(29)23(30)27(25)12-7-13-32-2)21(28)19-14-15-8-3-6-11-18(15)33-19/h3-6,8-11,14,29H,7,12-13H2,1-2H3/t25-/m0/s1. The van der Waals surface area contributed by atoms with E-state index in [9.17, 15) is 19.5 Å². The number of aliphatic hydroxyl groups excluding tert-OH is 1. The normalized spacial score (nSPS) is 19.9. The van der Waals surface area contributed by atoms with Crippen molar-refractivity contribution in [2.24, 2.45) is 0 Å². The van der Waals surface area contributed by atoms with Crippen LogP contribution in [0.5, 0.6) is 0 Å². The summed E-state index contributed by atoms with van der Waals surface area (Å²) in [5.41, 5.74) is -0.545. The molecule has 2 amide bonds. The molecular formula is C25H22N2O6. The predicted molar refractivity (Wildman–Crippen MR) is 120 cm³/mol. The van der Waals surface area contributed by atoms with Crippen LogP contribution in [-0.2, 0) is 19.9 Å². The molecule has 8 heteroatoms. The van der Waals surface area contributed by atoms with Gasteiger partial charge in [0.15, 0.2) is 17.1 Å². The molecule has 0 bridgehead atoms. The molecule has 0 radical (unpaired) electrons. The van der Waals surface area contributed by atoms with E-state index in [1.54, 1.807) is 55.6 Å². The van der Waals surface area contributed by atoms with Gasteiger partial charge in [0.25, 0.3) is 11.8 Å². The van der Waals surface area contributed by atoms with Crippen LogP contribution in [0.15, 0.2) is 70.3 Å². The van der Waals surface area contributed by atoms with Crippen molar-refractivity contribution in [3.05, 3.63) is 77.3 Å². The Hall–Kier alpha value is -3.91. The van der Waals surface area contributed by atoms with Gasteiger partial charge in [-0.15, -0.1) is 0 Å². The molecule has 0 fully saturated rings. The summed E-state index contributed by atoms with van der Waals surface area (Å²) >= 11 is 0. The minimum Gasteiger partial charge on any atom is -0.503 e. The van der Waals surface area contributed by atoms with Gasteiger partial charge < -0.3 is 24.1 Å². The third-order valence-corrected chi connectivity index (χ3v) is 6.33. The van der Waals surface area contributed by atoms with Crippen LogP contribution in [0.2, 0.25) is 0 Å². The number of fused-ring (bicyclic) bond motifs is 3. The fourth-order valence-electron chi connectivity index (χ4n) is 4.86. The zero-order chi connectivity index (χ0) is 23.3. The Morgan fingerprint density at radius 2 is 1.85 bits per heavy atom. The number of anilines is 1. The molecule has 5 rings (SSSR count). The van der Waals surface area contributed by atoms with Crippen molar-refractivity contribution in [2.45, 2.75) is 12.0 Å². The molecule has 1 N–H and O–H groups in total. The average molecular weight is 446 g/mol. The number of methoxy groups -OCH3 is 1. The van der Waals surface area contributed by atoms with Gasteiger partial charge in [-0.1, -0.05) is 36.4 Å². The van der Waals surface area contributed by atoms with E-state index in [0.717, 1.165) is 0 Å². The topological polar surface area (TPSA) is 100 Å². The number of hydrogen-bond donors (Lipinski definition) is 1. The Labute approximate surface area is 189 Å². The molecule has 0 unspecified atom stereocenters. The van der Waals surface area contributed by atoms with Crippen molar-refractivity contribution in [2.75, 3.05) is 32.2 Å². The van der Waals surface area contributed by atoms with Crippen LogP contribution in [0, 0.1) is 0 Å². The summed E-state index contributed by atoms with van der Waals surface area (Å²) in [5, 5.41) is 11.7. The molecule has 1 atom stereocenters. The number of hydrogen-bond acceptors (Lipinski definition) is 6. The lowest BCUT2D eigenvalue weighted by molar-refractivity contribution is -0.139. The highest BCUT2D eigenvalue weighted by Crippen LogP contribution is 2.53. The largest absolute Gasteiger partial charge is 0.503 e. The van der Waals surface area contributed by atoms with E-state index in [-0.39, 0.29) is 17.9 Å². The Morgan fingerprint density at radius 3 is 2.61 bits per heavy atom. The number of aliphatic hydroxyl groups is 1. The quantitative estimate of drug-likeness (QED) is 0.461. The maximum atomic E-state index is 13.8. The number of ether oxygens (including phenoxy) is 1. The van der Waals surface area contributed by atoms with Crippen LogP contribution < -0.4 is 4.90 Å². The number of amides is 2. The summed E-state index contributed by atoms with van der Waals surface area (Å²) < 4.78 is 10.9. The minimum atomic E-state index is -1.78. The zero-order valence-electron chi connectivity index (χ0n) is 18.2. The van der Waals surface area contributed by atoms with Crippen LogP contribution in [-0.4, -0.2) is 54.9 Å². The number of carbonyl (C=O) groups excluding carboxylic acids is 3. The van der Waals surface area contributed by atoms with Crippen molar-refractivity contribution in [1.29, 1.82) is 0 Å². The monoisotopic (exact) mass is 446 g/mol. The van der Waals surface area contributed by atoms with Crippen LogP contribution in [0.25, 0.3) is 11.0 Å². The highest BCUT2D eigenvalue weighted by Gasteiger charge is 2.65. The number of benzene rings is 2. The molecule has 1 aromatic heterocycles. The second-order valence-corrected chi connectivity index (χ2v) is 8.10. The molecule has 0 saturated heterocycles. The fourth-order valence-corrected chi connectivity index (χ4v) is 4.86. The van der Waals surface area contributed by atoms with Crippen LogP contribution in [0.3, 0.4) is 0 Å². The number of ketones is 1. The first-order valence-electron chi connectivity index (χ1n) is 10.6. The molecule has 0 aliphatic carbocycles. The van der Waals surface area contributed by atoms with Gasteiger partial charge in [-0.25, -0.2) is 0 Å². The van der Waals surface area contributed by atoms with Crippen LogP contribution >= 0.6 is 0 Å². The molecular weight excluding hydrogens is 424 g/mol. The van der Waals surface area contributed by atoms with Crippen molar-refractivity contribution in [3.63, 3.8) is 0 Å². The SMILES string of the molecule is COCCCN1C(=O)C(O)=C(C(=O)c2cc3ccccc3o2)[C@@]12C(=O)N(C)c1ccccc12. The molecule has 3 heterocycles. The summed E-state index contributed by atoms with van der Waals surface area (Å²) in [6, 6.07) is 15.6. The number of likely N-dealkylation sites (N-methyl/N-ethyl adjacent to an activating group) is 1. The van der Waals surface area contributed by atoms with Crippen LogP contribution in [0.1, 0.15) is 22.5 Å². The maximum absolute atomic E-state index is 13.8. The number of carbonyl (C=O) groups is 3. The van der Waals surface area contributed by atoms with E-state index in [2.05, 4.69) is 0 Å². The van der Waals surface area contributed by atoms with Gasteiger partial charge in [0.05, 0.1) is 5.57 Å². The molecule has 8 nitrogen and oxygen atoms in total. The van der Waals surface area contributed by atoms with E-state index in [0.29, 0.717) is 35.2 Å². The number of nitrogens with zero attached hydrogens (tertiary/aromatic N) is 2. The molecule has 1 spiro atoms. The minimum absolute atomic E-state index is 0.0523. The van der Waals surface area contributed by atoms with Crippen molar-refractivity contribution >= 4 is 34.3 Å². The molecule has 2 aromatic carbocycles. The molecule has 168 valence electrons. The van der Waals surface area contributed by atoms with E-state index >= 15 is 0 Å². The Bertz CT molecular complexity index is 1310. The smallest absolute Gasteiger partial charge is 0.290 e. The summed E-state index contributed by atoms with van der Waals surface area (Å²) in [4.78, 5) is 43.6. The van der Waals surface area contributed by atoms with Crippen LogP contribution in [0.4, 0.5) is 5.69 Å². The van der Waals surface area contributed by atoms with Gasteiger partial charge in [0.1, 0.15) is 5.58 Å². The molecule has 2 aliphatic heterocycles. The van der Waals surface area contributed by atoms with E-state index in [1.807, 2.05) is 6.07 Å². The third-order valence-electron chi connectivity index (χ3n) is 6.33. The van der Waals surface area contributed by atoms with Gasteiger partial charge in [0, 0.05) is 43.9 Å². The lowest BCUT2D eigenvalue weighted by Gasteiger charge is -2.35. The first-order chi connectivity index (χ1) is 15.9. The number of Topliss-reactive ketones (excluding diaryl/α,β-unsaturated/α-hetero) is 1. The second kappa shape index (κ2) is 7.60. The van der Waals surface area contributed by atoms with Gasteiger partial charge in [-0.2, -0.15) is 0 Å². The number of furan rings is 1. The Morgan fingerprint density at radius 1 is 1.12 bits per heavy atom. The lowest BCUT2D eigenvalue weighted by Crippen LogP contribution is -2.53. The van der Waals surface area contributed by atoms with Gasteiger partial charge >= 0.3 is 0 Å². The van der Waals surface area contributed by atoms with E-state index < -0.39 is 28.9 Å². The van der Waals surface area contributed by atoms with Gasteiger partial charge in [-0.05, 0) is 24.6 Å². The maximum Gasteiger partial charge on any atom is 0.290 e. The fraction of sp³-hybridized carbons (Fsp3) is 0.240. The van der Waals surface area contributed by atoms with E-state index in [1.165, 1.54) is 16.9 Å². The summed E-state index contributed by atoms with van der Waals surface area (Å²) in [5.74, 6) is -2.76. The second-order valence-electron chi connectivity index (χ2n) is 8.10. The lowest BCUT2D eigenvalue weighted by atomic mass is 9.81. The van der Waals surface area contributed by atoms with Crippen molar-refractivity contribution in [3.8, 4) is 0 Å². The summed E-state index contributed by atoms with van der Waals surface area (Å²) in [6.45, 7) is 0.459. The first kappa shape index (κ1) is 21.0.